The number of aryl methyl sites for hydroxylation is 1. The summed E-state index contributed by atoms with van der Waals surface area (Å²) in [5.41, 5.74) is 0.815. The third kappa shape index (κ3) is 4.30. The number of hydrogen-bond donors (Lipinski definition) is 0. The van der Waals surface area contributed by atoms with Gasteiger partial charge in [0.15, 0.2) is 0 Å². The zero-order valence-corrected chi connectivity index (χ0v) is 13.2. The lowest BCUT2D eigenvalue weighted by molar-refractivity contribution is -0.0423. The Balaban J connectivity index is 1.96. The number of carbonyl (C=O) groups excluding carboxylic acids is 1. The molecule has 2 heterocycles. The monoisotopic (exact) mass is 296 g/mol. The fraction of sp³-hybridized carbons (Fsp3) is 0.667. The summed E-state index contributed by atoms with van der Waals surface area (Å²) in [5.74, 6) is 0.662. The van der Waals surface area contributed by atoms with E-state index in [9.17, 15) is 4.79 Å². The van der Waals surface area contributed by atoms with E-state index in [1.807, 2.05) is 27.1 Å². The van der Waals surface area contributed by atoms with Crippen LogP contribution < -0.4 is 0 Å². The molecule has 1 unspecified atom stereocenters. The lowest BCUT2D eigenvalue weighted by Crippen LogP contribution is -2.45. The quantitative estimate of drug-likeness (QED) is 0.760. The van der Waals surface area contributed by atoms with E-state index in [1.54, 1.807) is 0 Å². The second-order valence-electron chi connectivity index (χ2n) is 5.71. The van der Waals surface area contributed by atoms with Gasteiger partial charge in [-0.25, -0.2) is 4.79 Å². The second kappa shape index (κ2) is 7.06. The highest BCUT2D eigenvalue weighted by Gasteiger charge is 2.23. The molecular formula is C15H24N2O4. The van der Waals surface area contributed by atoms with E-state index in [0.29, 0.717) is 12.3 Å². The molecule has 1 aliphatic heterocycles. The molecule has 21 heavy (non-hydrogen) atoms. The number of methoxy groups -OCH3 is 1. The summed E-state index contributed by atoms with van der Waals surface area (Å²) < 4.78 is 16.1. The molecule has 0 saturated carbocycles. The lowest BCUT2D eigenvalue weighted by atomic mass is 10.2. The minimum absolute atomic E-state index is 0.213. The summed E-state index contributed by atoms with van der Waals surface area (Å²) in [7, 11) is 5.44. The first-order valence-electron chi connectivity index (χ1n) is 7.16. The molecule has 1 aliphatic rings. The average molecular weight is 296 g/mol. The standard InChI is InChI=1S/C15H24N2O4/c1-11-7-12(21-14(11)15(18)19-4)9-17-5-6-20-13(10-17)8-16(2)3/h7,13H,5-6,8-10H2,1-4H3. The second-order valence-corrected chi connectivity index (χ2v) is 5.71. The molecule has 1 atom stereocenters. The van der Waals surface area contributed by atoms with E-state index in [4.69, 9.17) is 13.9 Å². The lowest BCUT2D eigenvalue weighted by Gasteiger charge is -2.33. The number of likely N-dealkylation sites (N-methyl/N-ethyl adjacent to an activating group) is 1. The molecule has 1 saturated heterocycles. The predicted octanol–water partition coefficient (Wildman–Crippen LogP) is 1.14. The highest BCUT2D eigenvalue weighted by molar-refractivity contribution is 5.87. The van der Waals surface area contributed by atoms with E-state index in [1.165, 1.54) is 7.11 Å². The number of hydrogen-bond acceptors (Lipinski definition) is 6. The van der Waals surface area contributed by atoms with Gasteiger partial charge in [0.2, 0.25) is 5.76 Å². The van der Waals surface area contributed by atoms with Crippen molar-refractivity contribution < 1.29 is 18.7 Å². The number of esters is 1. The van der Waals surface area contributed by atoms with Crippen molar-refractivity contribution in [2.24, 2.45) is 0 Å². The van der Waals surface area contributed by atoms with E-state index in [0.717, 1.165) is 37.6 Å². The molecule has 1 fully saturated rings. The van der Waals surface area contributed by atoms with Gasteiger partial charge in [-0.05, 0) is 27.1 Å². The Bertz CT molecular complexity index is 484. The molecule has 0 amide bonds. The summed E-state index contributed by atoms with van der Waals surface area (Å²) in [5, 5.41) is 0. The number of nitrogens with zero attached hydrogens (tertiary/aromatic N) is 2. The van der Waals surface area contributed by atoms with Gasteiger partial charge in [-0.2, -0.15) is 0 Å². The molecule has 0 spiro atoms. The summed E-state index contributed by atoms with van der Waals surface area (Å²) >= 11 is 0. The number of rotatable bonds is 5. The molecule has 0 radical (unpaired) electrons. The van der Waals surface area contributed by atoms with Crippen molar-refractivity contribution >= 4 is 5.97 Å². The van der Waals surface area contributed by atoms with Gasteiger partial charge in [0.1, 0.15) is 5.76 Å². The third-order valence-corrected chi connectivity index (χ3v) is 3.51. The Morgan fingerprint density at radius 3 is 2.95 bits per heavy atom. The van der Waals surface area contributed by atoms with Crippen molar-refractivity contribution in [3.05, 3.63) is 23.2 Å². The van der Waals surface area contributed by atoms with Crippen LogP contribution in [0.3, 0.4) is 0 Å². The maximum atomic E-state index is 11.6. The van der Waals surface area contributed by atoms with Gasteiger partial charge in [-0.1, -0.05) is 0 Å². The molecule has 0 bridgehead atoms. The van der Waals surface area contributed by atoms with Crippen LogP contribution in [0.25, 0.3) is 0 Å². The smallest absolute Gasteiger partial charge is 0.374 e. The van der Waals surface area contributed by atoms with Crippen molar-refractivity contribution in [1.82, 2.24) is 9.80 Å². The summed E-state index contributed by atoms with van der Waals surface area (Å²) in [6.45, 7) is 5.91. The van der Waals surface area contributed by atoms with Crippen LogP contribution in [0.5, 0.6) is 0 Å². The zero-order chi connectivity index (χ0) is 15.4. The topological polar surface area (TPSA) is 55.1 Å². The van der Waals surface area contributed by atoms with E-state index in [-0.39, 0.29) is 6.10 Å². The zero-order valence-electron chi connectivity index (χ0n) is 13.2. The Kier molecular flexibility index (Phi) is 5.39. The van der Waals surface area contributed by atoms with E-state index >= 15 is 0 Å². The predicted molar refractivity (Wildman–Crippen MR) is 78.4 cm³/mol. The van der Waals surface area contributed by atoms with Crippen LogP contribution in [0.15, 0.2) is 10.5 Å². The third-order valence-electron chi connectivity index (χ3n) is 3.51. The number of furan rings is 1. The molecule has 0 aromatic carbocycles. The molecule has 118 valence electrons. The summed E-state index contributed by atoms with van der Waals surface area (Å²) in [4.78, 5) is 16.0. The van der Waals surface area contributed by atoms with Gasteiger partial charge in [-0.15, -0.1) is 0 Å². The van der Waals surface area contributed by atoms with Gasteiger partial charge in [0.05, 0.1) is 26.4 Å². The molecule has 6 nitrogen and oxygen atoms in total. The van der Waals surface area contributed by atoms with Gasteiger partial charge < -0.3 is 18.8 Å². The largest absolute Gasteiger partial charge is 0.463 e. The van der Waals surface area contributed by atoms with E-state index < -0.39 is 5.97 Å². The van der Waals surface area contributed by atoms with Crippen molar-refractivity contribution in [2.45, 2.75) is 19.6 Å². The molecule has 1 aromatic heterocycles. The fourth-order valence-electron chi connectivity index (χ4n) is 2.58. The number of ether oxygens (including phenoxy) is 2. The van der Waals surface area contributed by atoms with Crippen LogP contribution in [-0.2, 0) is 16.0 Å². The molecule has 0 N–H and O–H groups in total. The Morgan fingerprint density at radius 2 is 2.29 bits per heavy atom. The normalized spacial score (nSPS) is 20.0. The first kappa shape index (κ1) is 16.0. The maximum absolute atomic E-state index is 11.6. The molecule has 2 rings (SSSR count). The van der Waals surface area contributed by atoms with Crippen LogP contribution >= 0.6 is 0 Å². The van der Waals surface area contributed by atoms with Crippen LogP contribution in [0.1, 0.15) is 21.9 Å². The van der Waals surface area contributed by atoms with Gasteiger partial charge in [-0.3, -0.25) is 4.90 Å². The minimum atomic E-state index is -0.425. The Morgan fingerprint density at radius 1 is 1.52 bits per heavy atom. The van der Waals surface area contributed by atoms with Crippen molar-refractivity contribution in [2.75, 3.05) is 47.4 Å². The fourth-order valence-corrected chi connectivity index (χ4v) is 2.58. The summed E-state index contributed by atoms with van der Waals surface area (Å²) in [6, 6.07) is 1.91. The van der Waals surface area contributed by atoms with Gasteiger partial charge >= 0.3 is 5.97 Å². The van der Waals surface area contributed by atoms with E-state index in [2.05, 4.69) is 9.80 Å². The minimum Gasteiger partial charge on any atom is -0.463 e. The molecule has 6 heteroatoms. The number of morpholine rings is 1. The van der Waals surface area contributed by atoms with Crippen molar-refractivity contribution in [3.8, 4) is 0 Å². The van der Waals surface area contributed by atoms with Gasteiger partial charge in [0, 0.05) is 25.2 Å². The van der Waals surface area contributed by atoms with Crippen LogP contribution in [-0.4, -0.2) is 69.3 Å². The summed E-state index contributed by atoms with van der Waals surface area (Å²) in [6.07, 6.45) is 0.213. The number of carbonyl (C=O) groups is 1. The molecular weight excluding hydrogens is 272 g/mol. The SMILES string of the molecule is COC(=O)c1oc(CN2CCOC(CN(C)C)C2)cc1C. The van der Waals surface area contributed by atoms with Crippen molar-refractivity contribution in [1.29, 1.82) is 0 Å². The van der Waals surface area contributed by atoms with Crippen LogP contribution in [0.2, 0.25) is 0 Å². The average Bonchev–Trinajstić information content (AvgIpc) is 2.78. The first-order chi connectivity index (χ1) is 9.99. The highest BCUT2D eigenvalue weighted by Crippen LogP contribution is 2.18. The molecule has 0 aliphatic carbocycles. The maximum Gasteiger partial charge on any atom is 0.374 e. The Labute approximate surface area is 125 Å². The molecule has 1 aromatic rings. The highest BCUT2D eigenvalue weighted by atomic mass is 16.5. The Hall–Kier alpha value is -1.37. The first-order valence-corrected chi connectivity index (χ1v) is 7.16. The van der Waals surface area contributed by atoms with Crippen LogP contribution in [0.4, 0.5) is 0 Å². The van der Waals surface area contributed by atoms with Crippen LogP contribution in [0, 0.1) is 6.92 Å². The van der Waals surface area contributed by atoms with Crippen molar-refractivity contribution in [3.63, 3.8) is 0 Å². The van der Waals surface area contributed by atoms with Gasteiger partial charge in [0.25, 0.3) is 0 Å².